The summed E-state index contributed by atoms with van der Waals surface area (Å²) in [5.74, 6) is 0.0141. The Balaban J connectivity index is 1.65. The maximum atomic E-state index is 13.2. The Bertz CT molecular complexity index is 1250. The van der Waals surface area contributed by atoms with Gasteiger partial charge < -0.3 is 5.32 Å². The largest absolute Gasteiger partial charge is 0.325 e. The van der Waals surface area contributed by atoms with Crippen LogP contribution in [0.25, 0.3) is 15.9 Å². The molecule has 0 bridgehead atoms. The van der Waals surface area contributed by atoms with E-state index in [2.05, 4.69) is 5.32 Å². The minimum absolute atomic E-state index is 0.118. The number of amides is 1. The van der Waals surface area contributed by atoms with Crippen molar-refractivity contribution < 1.29 is 4.79 Å². The minimum Gasteiger partial charge on any atom is -0.325 e. The van der Waals surface area contributed by atoms with E-state index in [1.54, 1.807) is 4.57 Å². The first-order chi connectivity index (χ1) is 14.0. The number of para-hydroxylation sites is 1. The van der Waals surface area contributed by atoms with Crippen LogP contribution in [0.4, 0.5) is 5.69 Å². The Kier molecular flexibility index (Phi) is 5.51. The number of thiophene rings is 1. The second-order valence-electron chi connectivity index (χ2n) is 6.65. The van der Waals surface area contributed by atoms with Crippen molar-refractivity contribution in [2.45, 2.75) is 19.0 Å². The molecule has 4 aromatic rings. The zero-order chi connectivity index (χ0) is 20.4. The molecular formula is C22H19N3O2S2. The number of anilines is 1. The van der Waals surface area contributed by atoms with Crippen molar-refractivity contribution in [2.75, 3.05) is 11.1 Å². The summed E-state index contributed by atoms with van der Waals surface area (Å²) >= 11 is 2.74. The van der Waals surface area contributed by atoms with Gasteiger partial charge in [0.1, 0.15) is 4.83 Å². The number of hydrogen-bond donors (Lipinski definition) is 1. The fourth-order valence-corrected chi connectivity index (χ4v) is 4.77. The molecule has 7 heteroatoms. The molecule has 0 radical (unpaired) electrons. The number of nitrogens with zero attached hydrogens (tertiary/aromatic N) is 2. The Hall–Kier alpha value is -2.90. The summed E-state index contributed by atoms with van der Waals surface area (Å²) in [6.07, 6.45) is 0. The van der Waals surface area contributed by atoms with E-state index in [1.165, 1.54) is 23.1 Å². The van der Waals surface area contributed by atoms with E-state index in [0.29, 0.717) is 15.4 Å². The Morgan fingerprint density at radius 1 is 1.10 bits per heavy atom. The zero-order valence-corrected chi connectivity index (χ0v) is 17.6. The molecule has 1 amide bonds. The number of carbonyl (C=O) groups excluding carboxylic acids is 1. The Morgan fingerprint density at radius 3 is 2.66 bits per heavy atom. The molecule has 0 unspecified atom stereocenters. The van der Waals surface area contributed by atoms with Crippen LogP contribution in [0, 0.1) is 13.8 Å². The molecule has 0 fully saturated rings. The molecule has 0 aliphatic carbocycles. The molecule has 29 heavy (non-hydrogen) atoms. The maximum Gasteiger partial charge on any atom is 0.267 e. The molecular weight excluding hydrogens is 402 g/mol. The molecule has 2 aromatic heterocycles. The van der Waals surface area contributed by atoms with Gasteiger partial charge in [-0.2, -0.15) is 0 Å². The van der Waals surface area contributed by atoms with Crippen LogP contribution in [-0.2, 0) is 4.79 Å². The van der Waals surface area contributed by atoms with E-state index in [0.717, 1.165) is 21.8 Å². The summed E-state index contributed by atoms with van der Waals surface area (Å²) in [6, 6.07) is 18.9. The van der Waals surface area contributed by atoms with Gasteiger partial charge in [-0.3, -0.25) is 14.2 Å². The molecule has 0 atom stereocenters. The van der Waals surface area contributed by atoms with Crippen LogP contribution >= 0.6 is 23.1 Å². The Labute approximate surface area is 176 Å². The number of carbonyl (C=O) groups is 1. The molecule has 0 spiro atoms. The molecule has 0 aliphatic heterocycles. The minimum atomic E-state index is -0.142. The lowest BCUT2D eigenvalue weighted by molar-refractivity contribution is -0.113. The van der Waals surface area contributed by atoms with E-state index < -0.39 is 0 Å². The number of rotatable bonds is 5. The number of thioether (sulfide) groups is 1. The molecule has 4 rings (SSSR count). The van der Waals surface area contributed by atoms with Crippen molar-refractivity contribution in [1.29, 1.82) is 0 Å². The highest BCUT2D eigenvalue weighted by Crippen LogP contribution is 2.26. The average molecular weight is 422 g/mol. The summed E-state index contributed by atoms with van der Waals surface area (Å²) in [7, 11) is 0. The van der Waals surface area contributed by atoms with Gasteiger partial charge in [0.2, 0.25) is 5.91 Å². The molecule has 0 saturated heterocycles. The van der Waals surface area contributed by atoms with Gasteiger partial charge in [-0.1, -0.05) is 42.1 Å². The lowest BCUT2D eigenvalue weighted by Gasteiger charge is -2.12. The second kappa shape index (κ2) is 8.23. The maximum absolute atomic E-state index is 13.2. The van der Waals surface area contributed by atoms with E-state index in [4.69, 9.17) is 4.98 Å². The van der Waals surface area contributed by atoms with Crippen molar-refractivity contribution in [3.8, 4) is 5.69 Å². The van der Waals surface area contributed by atoms with Gasteiger partial charge in [0, 0.05) is 10.6 Å². The lowest BCUT2D eigenvalue weighted by atomic mass is 10.2. The highest BCUT2D eigenvalue weighted by Gasteiger charge is 2.16. The third-order valence-corrected chi connectivity index (χ3v) is 6.19. The molecule has 1 N–H and O–H groups in total. The van der Waals surface area contributed by atoms with Gasteiger partial charge in [-0.25, -0.2) is 4.98 Å². The summed E-state index contributed by atoms with van der Waals surface area (Å²) < 4.78 is 1.58. The summed E-state index contributed by atoms with van der Waals surface area (Å²) in [5, 5.41) is 4.01. The Morgan fingerprint density at radius 2 is 1.90 bits per heavy atom. The van der Waals surface area contributed by atoms with Crippen LogP contribution in [0.2, 0.25) is 0 Å². The van der Waals surface area contributed by atoms with Crippen LogP contribution in [0.1, 0.15) is 10.4 Å². The number of hydrogen-bond acceptors (Lipinski definition) is 5. The van der Waals surface area contributed by atoms with Crippen molar-refractivity contribution in [3.63, 3.8) is 0 Å². The SMILES string of the molecule is Cc1cccc(NC(=O)CSc2nc3sc(C)cc3c(=O)n2-c2ccccc2)c1. The van der Waals surface area contributed by atoms with Crippen LogP contribution < -0.4 is 10.9 Å². The van der Waals surface area contributed by atoms with E-state index in [-0.39, 0.29) is 17.2 Å². The second-order valence-corrected chi connectivity index (χ2v) is 8.83. The molecule has 2 aromatic carbocycles. The smallest absolute Gasteiger partial charge is 0.267 e. The molecule has 0 aliphatic rings. The van der Waals surface area contributed by atoms with Crippen molar-refractivity contribution in [1.82, 2.24) is 9.55 Å². The van der Waals surface area contributed by atoms with Gasteiger partial charge in [0.05, 0.1) is 16.8 Å². The molecule has 5 nitrogen and oxygen atoms in total. The zero-order valence-electron chi connectivity index (χ0n) is 16.0. The van der Waals surface area contributed by atoms with Crippen molar-refractivity contribution >= 4 is 44.9 Å². The van der Waals surface area contributed by atoms with Gasteiger partial charge in [0.25, 0.3) is 5.56 Å². The highest BCUT2D eigenvalue weighted by molar-refractivity contribution is 7.99. The summed E-state index contributed by atoms with van der Waals surface area (Å²) in [6.45, 7) is 3.94. The number of nitrogens with one attached hydrogen (secondary N) is 1. The highest BCUT2D eigenvalue weighted by atomic mass is 32.2. The molecule has 146 valence electrons. The molecule has 0 saturated carbocycles. The number of benzene rings is 2. The first-order valence-corrected chi connectivity index (χ1v) is 10.9. The summed E-state index contributed by atoms with van der Waals surface area (Å²) in [5.41, 5.74) is 2.45. The van der Waals surface area contributed by atoms with Crippen LogP contribution in [0.3, 0.4) is 0 Å². The number of aromatic nitrogens is 2. The fraction of sp³-hybridized carbons (Fsp3) is 0.136. The standard InChI is InChI=1S/C22H19N3O2S2/c1-14-7-6-8-16(11-14)23-19(26)13-28-22-24-20-18(12-15(2)29-20)21(27)25(22)17-9-4-3-5-10-17/h3-12H,13H2,1-2H3,(H,23,26). The van der Waals surface area contributed by atoms with E-state index in [1.807, 2.05) is 74.5 Å². The summed E-state index contributed by atoms with van der Waals surface area (Å²) in [4.78, 5) is 32.0. The van der Waals surface area contributed by atoms with Crippen LogP contribution in [0.5, 0.6) is 0 Å². The fourth-order valence-electron chi connectivity index (χ4n) is 3.03. The van der Waals surface area contributed by atoms with Crippen LogP contribution in [-0.4, -0.2) is 21.2 Å². The molecule has 2 heterocycles. The predicted octanol–water partition coefficient (Wildman–Crippen LogP) is 4.79. The van der Waals surface area contributed by atoms with Crippen molar-refractivity contribution in [2.24, 2.45) is 0 Å². The van der Waals surface area contributed by atoms with E-state index >= 15 is 0 Å². The van der Waals surface area contributed by atoms with Gasteiger partial charge >= 0.3 is 0 Å². The normalized spacial score (nSPS) is 11.0. The average Bonchev–Trinajstić information content (AvgIpc) is 3.08. The third-order valence-electron chi connectivity index (χ3n) is 4.31. The number of aryl methyl sites for hydroxylation is 2. The number of fused-ring (bicyclic) bond motifs is 1. The topological polar surface area (TPSA) is 64.0 Å². The van der Waals surface area contributed by atoms with Crippen LogP contribution in [0.15, 0.2) is 70.6 Å². The van der Waals surface area contributed by atoms with Gasteiger partial charge in [-0.05, 0) is 49.7 Å². The van der Waals surface area contributed by atoms with Gasteiger partial charge in [0.15, 0.2) is 5.16 Å². The monoisotopic (exact) mass is 421 g/mol. The van der Waals surface area contributed by atoms with E-state index in [9.17, 15) is 9.59 Å². The first-order valence-electron chi connectivity index (χ1n) is 9.09. The van der Waals surface area contributed by atoms with Gasteiger partial charge in [-0.15, -0.1) is 11.3 Å². The third kappa shape index (κ3) is 4.26. The van der Waals surface area contributed by atoms with Crippen molar-refractivity contribution in [3.05, 3.63) is 81.5 Å². The first kappa shape index (κ1) is 19.4. The quantitative estimate of drug-likeness (QED) is 0.372. The lowest BCUT2D eigenvalue weighted by Crippen LogP contribution is -2.22. The predicted molar refractivity (Wildman–Crippen MR) is 120 cm³/mol.